The monoisotopic (exact) mass is 333 g/mol. The van der Waals surface area contributed by atoms with Crippen LogP contribution in [0.2, 0.25) is 0 Å². The molecule has 22 heavy (non-hydrogen) atoms. The van der Waals surface area contributed by atoms with E-state index in [9.17, 15) is 27.1 Å². The molecule has 1 aliphatic rings. The van der Waals surface area contributed by atoms with Crippen molar-refractivity contribution in [3.05, 3.63) is 29.8 Å². The van der Waals surface area contributed by atoms with Crippen LogP contribution >= 0.6 is 0 Å². The molecule has 1 unspecified atom stereocenters. The predicted octanol–water partition coefficient (Wildman–Crippen LogP) is 1.57. The van der Waals surface area contributed by atoms with Crippen molar-refractivity contribution in [3.8, 4) is 0 Å². The fraction of sp³-hybridized carbons (Fsp3) is 0.500. The number of hydrogen-bond acceptors (Lipinski definition) is 4. The molecule has 1 atom stereocenters. The summed E-state index contributed by atoms with van der Waals surface area (Å²) in [5, 5.41) is 12.5. The van der Waals surface area contributed by atoms with Crippen LogP contribution < -0.4 is 5.32 Å². The molecule has 2 N–H and O–H groups in total. The summed E-state index contributed by atoms with van der Waals surface area (Å²) >= 11 is 0. The largest absolute Gasteiger partial charge is 0.388 e. The number of alkyl halides is 2. The number of aliphatic hydroxyl groups is 1. The summed E-state index contributed by atoms with van der Waals surface area (Å²) in [6.45, 7) is 1.51. The summed E-state index contributed by atoms with van der Waals surface area (Å²) in [4.78, 5) is 11.4. The maximum atomic E-state index is 12.7. The third-order valence-electron chi connectivity index (χ3n) is 3.74. The molecule has 0 aromatic heterocycles. The van der Waals surface area contributed by atoms with Gasteiger partial charge in [-0.05, 0) is 37.8 Å². The van der Waals surface area contributed by atoms with Gasteiger partial charge in [0.15, 0.2) is 0 Å². The van der Waals surface area contributed by atoms with Crippen molar-refractivity contribution in [2.45, 2.75) is 36.0 Å². The molecule has 1 amide bonds. The van der Waals surface area contributed by atoms with E-state index in [4.69, 9.17) is 0 Å². The van der Waals surface area contributed by atoms with Gasteiger partial charge in [-0.15, -0.1) is 0 Å². The highest BCUT2D eigenvalue weighted by atomic mass is 32.2. The topological polar surface area (TPSA) is 83.5 Å². The number of halogens is 2. The number of benzene rings is 1. The van der Waals surface area contributed by atoms with Crippen molar-refractivity contribution in [1.29, 1.82) is 0 Å². The third kappa shape index (κ3) is 3.44. The number of hydrogen-bond donors (Lipinski definition) is 2. The van der Waals surface area contributed by atoms with E-state index in [0.717, 1.165) is 25.0 Å². The Morgan fingerprint density at radius 3 is 2.55 bits per heavy atom. The third-order valence-corrected chi connectivity index (χ3v) is 5.17. The highest BCUT2D eigenvalue weighted by Gasteiger charge is 2.40. The van der Waals surface area contributed by atoms with Crippen molar-refractivity contribution in [2.75, 3.05) is 6.54 Å². The van der Waals surface area contributed by atoms with Gasteiger partial charge in [0.25, 0.3) is 5.91 Å². The minimum atomic E-state index is -4.87. The quantitative estimate of drug-likeness (QED) is 0.828. The van der Waals surface area contributed by atoms with Gasteiger partial charge in [-0.25, -0.2) is 8.42 Å². The van der Waals surface area contributed by atoms with E-state index in [2.05, 4.69) is 5.32 Å². The van der Waals surface area contributed by atoms with Gasteiger partial charge >= 0.3 is 5.76 Å². The predicted molar refractivity (Wildman–Crippen MR) is 75.3 cm³/mol. The lowest BCUT2D eigenvalue weighted by molar-refractivity contribution is 0.0354. The lowest BCUT2D eigenvalue weighted by atomic mass is 10.0. The lowest BCUT2D eigenvalue weighted by Gasteiger charge is -2.23. The second-order valence-corrected chi connectivity index (χ2v) is 7.50. The standard InChI is InChI=1S/C14H17F2NO4S/c1-14(19,9-6-7-9)8-17-12(18)10-4-2-3-5-11(10)22(20,21)13(15)16/h2-5,9,13,19H,6-8H2,1H3,(H,17,18). The Morgan fingerprint density at radius 1 is 1.41 bits per heavy atom. The smallest absolute Gasteiger partial charge is 0.341 e. The fourth-order valence-corrected chi connectivity index (χ4v) is 3.13. The summed E-state index contributed by atoms with van der Waals surface area (Å²) in [6, 6.07) is 4.79. The Kier molecular flexibility index (Phi) is 4.53. The maximum absolute atomic E-state index is 12.7. The molecule has 0 aliphatic heterocycles. The molecule has 1 aromatic rings. The van der Waals surface area contributed by atoms with Crippen LogP contribution in [-0.2, 0) is 9.84 Å². The van der Waals surface area contributed by atoms with Gasteiger partial charge in [0, 0.05) is 6.54 Å². The normalized spacial score (nSPS) is 18.0. The van der Waals surface area contributed by atoms with E-state index in [1.54, 1.807) is 6.92 Å². The molecule has 5 nitrogen and oxygen atoms in total. The second kappa shape index (κ2) is 5.92. The number of amides is 1. The van der Waals surface area contributed by atoms with Crippen LogP contribution in [0.15, 0.2) is 29.2 Å². The molecule has 1 aliphatic carbocycles. The highest BCUT2D eigenvalue weighted by Crippen LogP contribution is 2.39. The molecule has 2 rings (SSSR count). The molecule has 8 heteroatoms. The molecule has 0 saturated heterocycles. The van der Waals surface area contributed by atoms with Crippen molar-refractivity contribution in [3.63, 3.8) is 0 Å². The highest BCUT2D eigenvalue weighted by molar-refractivity contribution is 7.91. The molecule has 0 spiro atoms. The lowest BCUT2D eigenvalue weighted by Crippen LogP contribution is -2.42. The van der Waals surface area contributed by atoms with Gasteiger partial charge in [0.05, 0.1) is 16.1 Å². The van der Waals surface area contributed by atoms with Crippen LogP contribution in [0.4, 0.5) is 8.78 Å². The molecule has 0 bridgehead atoms. The van der Waals surface area contributed by atoms with Crippen LogP contribution in [0.3, 0.4) is 0 Å². The first-order chi connectivity index (χ1) is 10.2. The maximum Gasteiger partial charge on any atom is 0.341 e. The van der Waals surface area contributed by atoms with Crippen molar-refractivity contribution >= 4 is 15.7 Å². The molecule has 1 aromatic carbocycles. The zero-order valence-electron chi connectivity index (χ0n) is 11.9. The van der Waals surface area contributed by atoms with E-state index in [1.165, 1.54) is 12.1 Å². The Labute approximate surface area is 127 Å². The Balaban J connectivity index is 2.20. The summed E-state index contributed by atoms with van der Waals surface area (Å²) in [6.07, 6.45) is 1.72. The zero-order valence-corrected chi connectivity index (χ0v) is 12.7. The van der Waals surface area contributed by atoms with E-state index in [0.29, 0.717) is 0 Å². The number of nitrogens with one attached hydrogen (secondary N) is 1. The Hall–Kier alpha value is -1.54. The Bertz CT molecular complexity index is 669. The van der Waals surface area contributed by atoms with Gasteiger partial charge in [-0.1, -0.05) is 12.1 Å². The SMILES string of the molecule is CC(O)(CNC(=O)c1ccccc1S(=O)(=O)C(F)F)C1CC1. The Morgan fingerprint density at radius 2 is 2.00 bits per heavy atom. The van der Waals surface area contributed by atoms with E-state index in [1.807, 2.05) is 0 Å². The van der Waals surface area contributed by atoms with Crippen LogP contribution in [-0.4, -0.2) is 37.3 Å². The summed E-state index contributed by atoms with van der Waals surface area (Å²) in [5.74, 6) is -4.32. The van der Waals surface area contributed by atoms with Gasteiger partial charge in [-0.2, -0.15) is 8.78 Å². The fourth-order valence-electron chi connectivity index (χ4n) is 2.20. The number of carbonyl (C=O) groups excluding carboxylic acids is 1. The first-order valence-corrected chi connectivity index (χ1v) is 8.32. The molecule has 0 heterocycles. The van der Waals surface area contributed by atoms with E-state index < -0.39 is 32.0 Å². The average Bonchev–Trinajstić information content (AvgIpc) is 3.29. The first kappa shape index (κ1) is 16.8. The van der Waals surface area contributed by atoms with Gasteiger partial charge in [0.1, 0.15) is 0 Å². The second-order valence-electron chi connectivity index (χ2n) is 5.62. The van der Waals surface area contributed by atoms with Crippen LogP contribution in [0, 0.1) is 5.92 Å². The number of rotatable bonds is 6. The average molecular weight is 333 g/mol. The van der Waals surface area contributed by atoms with Crippen LogP contribution in [0.5, 0.6) is 0 Å². The summed E-state index contributed by atoms with van der Waals surface area (Å²) in [5.41, 5.74) is -1.44. The number of sulfone groups is 1. The molecule has 1 saturated carbocycles. The molecule has 0 radical (unpaired) electrons. The molecule has 122 valence electrons. The van der Waals surface area contributed by atoms with Gasteiger partial charge < -0.3 is 10.4 Å². The molecule has 1 fully saturated rings. The van der Waals surface area contributed by atoms with Gasteiger partial charge in [0.2, 0.25) is 9.84 Å². The van der Waals surface area contributed by atoms with Crippen LogP contribution in [0.25, 0.3) is 0 Å². The zero-order chi connectivity index (χ0) is 16.5. The minimum absolute atomic E-state index is 0.0699. The van der Waals surface area contributed by atoms with E-state index in [-0.39, 0.29) is 18.0 Å². The summed E-state index contributed by atoms with van der Waals surface area (Å²) in [7, 11) is -4.87. The van der Waals surface area contributed by atoms with Crippen molar-refractivity contribution in [2.24, 2.45) is 5.92 Å². The molecular formula is C14H17F2NO4S. The minimum Gasteiger partial charge on any atom is -0.388 e. The number of carbonyl (C=O) groups is 1. The van der Waals surface area contributed by atoms with Gasteiger partial charge in [-0.3, -0.25) is 4.79 Å². The first-order valence-electron chi connectivity index (χ1n) is 6.78. The van der Waals surface area contributed by atoms with Crippen molar-refractivity contribution < 1.29 is 27.1 Å². The van der Waals surface area contributed by atoms with Crippen LogP contribution in [0.1, 0.15) is 30.1 Å². The summed E-state index contributed by atoms with van der Waals surface area (Å²) < 4.78 is 48.5. The van der Waals surface area contributed by atoms with E-state index >= 15 is 0 Å². The molecular weight excluding hydrogens is 316 g/mol. The van der Waals surface area contributed by atoms with Crippen molar-refractivity contribution in [1.82, 2.24) is 5.32 Å².